The molecule has 1 heterocycles. The number of amides is 1. The molecule has 0 unspecified atom stereocenters. The number of ether oxygens (including phenoxy) is 3. The van der Waals surface area contributed by atoms with E-state index in [0.29, 0.717) is 22.7 Å². The summed E-state index contributed by atoms with van der Waals surface area (Å²) in [5, 5.41) is 12.9. The maximum Gasteiger partial charge on any atom is 0.361 e. The van der Waals surface area contributed by atoms with Gasteiger partial charge in [0.2, 0.25) is 5.91 Å². The van der Waals surface area contributed by atoms with E-state index in [1.165, 1.54) is 21.1 Å². The average molecular weight is 334 g/mol. The van der Waals surface area contributed by atoms with Crippen molar-refractivity contribution in [2.24, 2.45) is 0 Å². The quantitative estimate of drug-likeness (QED) is 0.771. The SMILES string of the molecule is CCOC(=O)c1n[nH]nc1-c1cc(OC)c(OC)cc1NC(C)=O. The fourth-order valence-electron chi connectivity index (χ4n) is 2.13. The van der Waals surface area contributed by atoms with Crippen LogP contribution in [-0.2, 0) is 9.53 Å². The summed E-state index contributed by atoms with van der Waals surface area (Å²) in [6.45, 7) is 3.27. The second-order valence-corrected chi connectivity index (χ2v) is 4.68. The third-order valence-electron chi connectivity index (χ3n) is 3.11. The predicted molar refractivity (Wildman–Crippen MR) is 85.2 cm³/mol. The lowest BCUT2D eigenvalue weighted by molar-refractivity contribution is -0.114. The number of rotatable bonds is 6. The van der Waals surface area contributed by atoms with Crippen molar-refractivity contribution in [1.82, 2.24) is 15.4 Å². The molecule has 24 heavy (non-hydrogen) atoms. The molecule has 1 aromatic carbocycles. The molecule has 0 spiro atoms. The predicted octanol–water partition coefficient (Wildman–Crippen LogP) is 1.62. The largest absolute Gasteiger partial charge is 0.493 e. The minimum absolute atomic E-state index is 0.00988. The summed E-state index contributed by atoms with van der Waals surface area (Å²) in [6.07, 6.45) is 0. The molecular formula is C15H18N4O5. The first-order valence-electron chi connectivity index (χ1n) is 7.13. The van der Waals surface area contributed by atoms with E-state index in [9.17, 15) is 9.59 Å². The summed E-state index contributed by atoms with van der Waals surface area (Å²) in [7, 11) is 2.96. The van der Waals surface area contributed by atoms with Crippen molar-refractivity contribution in [1.29, 1.82) is 0 Å². The maximum atomic E-state index is 12.0. The van der Waals surface area contributed by atoms with Crippen molar-refractivity contribution in [3.63, 3.8) is 0 Å². The van der Waals surface area contributed by atoms with E-state index in [2.05, 4.69) is 20.7 Å². The smallest absolute Gasteiger partial charge is 0.361 e. The lowest BCUT2D eigenvalue weighted by Gasteiger charge is -2.14. The number of anilines is 1. The van der Waals surface area contributed by atoms with Crippen LogP contribution in [0.25, 0.3) is 11.3 Å². The first-order chi connectivity index (χ1) is 11.5. The first-order valence-corrected chi connectivity index (χ1v) is 7.13. The molecule has 9 heteroatoms. The number of esters is 1. The van der Waals surface area contributed by atoms with Gasteiger partial charge >= 0.3 is 5.97 Å². The summed E-state index contributed by atoms with van der Waals surface area (Å²) in [4.78, 5) is 23.5. The van der Waals surface area contributed by atoms with E-state index in [4.69, 9.17) is 14.2 Å². The van der Waals surface area contributed by atoms with E-state index < -0.39 is 5.97 Å². The summed E-state index contributed by atoms with van der Waals surface area (Å²) >= 11 is 0. The van der Waals surface area contributed by atoms with Crippen molar-refractivity contribution >= 4 is 17.6 Å². The Balaban J connectivity index is 2.62. The molecule has 9 nitrogen and oxygen atoms in total. The van der Waals surface area contributed by atoms with E-state index >= 15 is 0 Å². The average Bonchev–Trinajstić information content (AvgIpc) is 3.03. The fourth-order valence-corrected chi connectivity index (χ4v) is 2.13. The highest BCUT2D eigenvalue weighted by Gasteiger charge is 2.23. The molecule has 1 aromatic heterocycles. The Morgan fingerprint density at radius 3 is 2.42 bits per heavy atom. The molecule has 0 saturated heterocycles. The molecule has 0 aliphatic carbocycles. The lowest BCUT2D eigenvalue weighted by atomic mass is 10.1. The first kappa shape index (κ1) is 17.3. The second kappa shape index (κ2) is 7.44. The Morgan fingerprint density at radius 1 is 1.17 bits per heavy atom. The summed E-state index contributed by atoms with van der Waals surface area (Å²) in [5.74, 6) is -0.0694. The van der Waals surface area contributed by atoms with Gasteiger partial charge in [0.05, 0.1) is 26.5 Å². The molecule has 128 valence electrons. The number of hydrogen-bond donors (Lipinski definition) is 2. The van der Waals surface area contributed by atoms with Gasteiger partial charge in [-0.1, -0.05) is 0 Å². The Kier molecular flexibility index (Phi) is 5.35. The van der Waals surface area contributed by atoms with Gasteiger partial charge in [0, 0.05) is 18.6 Å². The van der Waals surface area contributed by atoms with Crippen molar-refractivity contribution < 1.29 is 23.8 Å². The molecular weight excluding hydrogens is 316 g/mol. The third kappa shape index (κ3) is 3.45. The van der Waals surface area contributed by atoms with Crippen LogP contribution in [0.4, 0.5) is 5.69 Å². The van der Waals surface area contributed by atoms with Crippen LogP contribution in [0.15, 0.2) is 12.1 Å². The molecule has 0 saturated carbocycles. The van der Waals surface area contributed by atoms with Gasteiger partial charge in [0.15, 0.2) is 17.2 Å². The summed E-state index contributed by atoms with van der Waals surface area (Å²) in [5.41, 5.74) is 1.09. The van der Waals surface area contributed by atoms with Crippen molar-refractivity contribution in [2.75, 3.05) is 26.1 Å². The van der Waals surface area contributed by atoms with Crippen LogP contribution in [0.5, 0.6) is 11.5 Å². The molecule has 2 rings (SSSR count). The minimum atomic E-state index is -0.621. The van der Waals surface area contributed by atoms with Gasteiger partial charge < -0.3 is 19.5 Å². The van der Waals surface area contributed by atoms with Crippen molar-refractivity contribution in [2.45, 2.75) is 13.8 Å². The van der Waals surface area contributed by atoms with Gasteiger partial charge in [-0.3, -0.25) is 4.79 Å². The van der Waals surface area contributed by atoms with Gasteiger partial charge in [-0.05, 0) is 13.0 Å². The van der Waals surface area contributed by atoms with Gasteiger partial charge in [0.1, 0.15) is 5.69 Å². The number of hydrogen-bond acceptors (Lipinski definition) is 7. The number of carbonyl (C=O) groups excluding carboxylic acids is 2. The topological polar surface area (TPSA) is 115 Å². The third-order valence-corrected chi connectivity index (χ3v) is 3.11. The molecule has 0 aliphatic rings. The zero-order chi connectivity index (χ0) is 17.7. The molecule has 0 bridgehead atoms. The van der Waals surface area contributed by atoms with Crippen LogP contribution in [0, 0.1) is 0 Å². The molecule has 2 aromatic rings. The van der Waals surface area contributed by atoms with Crippen LogP contribution in [0.1, 0.15) is 24.3 Å². The van der Waals surface area contributed by atoms with Gasteiger partial charge in [-0.15, -0.1) is 5.10 Å². The standard InChI is InChI=1S/C15H18N4O5/c1-5-24-15(21)14-13(17-19-18-14)9-6-11(22-3)12(23-4)7-10(9)16-8(2)20/h6-7H,5H2,1-4H3,(H,16,20)(H,17,18,19). The van der Waals surface area contributed by atoms with E-state index in [1.807, 2.05) is 0 Å². The Labute approximate surface area is 138 Å². The number of H-pyrrole nitrogens is 1. The zero-order valence-electron chi connectivity index (χ0n) is 13.8. The highest BCUT2D eigenvalue weighted by molar-refractivity contribution is 5.99. The van der Waals surface area contributed by atoms with Crippen LogP contribution in [-0.4, -0.2) is 48.1 Å². The summed E-state index contributed by atoms with van der Waals surface area (Å²) < 4.78 is 15.5. The van der Waals surface area contributed by atoms with Gasteiger partial charge in [-0.25, -0.2) is 4.79 Å². The second-order valence-electron chi connectivity index (χ2n) is 4.68. The number of nitrogens with zero attached hydrogens (tertiary/aromatic N) is 2. The van der Waals surface area contributed by atoms with Crippen LogP contribution >= 0.6 is 0 Å². The molecule has 1 amide bonds. The van der Waals surface area contributed by atoms with Gasteiger partial charge in [-0.2, -0.15) is 10.3 Å². The zero-order valence-corrected chi connectivity index (χ0v) is 13.8. The lowest BCUT2D eigenvalue weighted by Crippen LogP contribution is -2.10. The fraction of sp³-hybridized carbons (Fsp3) is 0.333. The Bertz CT molecular complexity index is 756. The van der Waals surface area contributed by atoms with E-state index in [0.717, 1.165) is 0 Å². The number of carbonyl (C=O) groups is 2. The molecule has 0 fully saturated rings. The maximum absolute atomic E-state index is 12.0. The van der Waals surface area contributed by atoms with Crippen LogP contribution in [0.3, 0.4) is 0 Å². The monoisotopic (exact) mass is 334 g/mol. The highest BCUT2D eigenvalue weighted by Crippen LogP contribution is 2.38. The number of methoxy groups -OCH3 is 2. The molecule has 2 N–H and O–H groups in total. The normalized spacial score (nSPS) is 10.2. The number of nitrogens with one attached hydrogen (secondary N) is 2. The van der Waals surface area contributed by atoms with E-state index in [-0.39, 0.29) is 23.9 Å². The van der Waals surface area contributed by atoms with E-state index in [1.54, 1.807) is 19.1 Å². The summed E-state index contributed by atoms with van der Waals surface area (Å²) in [6, 6.07) is 3.18. The molecule has 0 radical (unpaired) electrons. The Hall–Kier alpha value is -3.10. The van der Waals surface area contributed by atoms with Gasteiger partial charge in [0.25, 0.3) is 0 Å². The van der Waals surface area contributed by atoms with Crippen LogP contribution in [0.2, 0.25) is 0 Å². The molecule has 0 aliphatic heterocycles. The van der Waals surface area contributed by atoms with Crippen molar-refractivity contribution in [3.8, 4) is 22.8 Å². The Morgan fingerprint density at radius 2 is 1.83 bits per heavy atom. The number of aromatic nitrogens is 3. The minimum Gasteiger partial charge on any atom is -0.493 e. The molecule has 0 atom stereocenters. The van der Waals surface area contributed by atoms with Crippen molar-refractivity contribution in [3.05, 3.63) is 17.8 Å². The number of benzene rings is 1. The number of aromatic amines is 1. The van der Waals surface area contributed by atoms with Crippen LogP contribution < -0.4 is 14.8 Å². The highest BCUT2D eigenvalue weighted by atomic mass is 16.5.